The number of carbonyl (C=O) groups excluding carboxylic acids is 1. The third kappa shape index (κ3) is 9.09. The predicted octanol–water partition coefficient (Wildman–Crippen LogP) is 4.68. The lowest BCUT2D eigenvalue weighted by Crippen LogP contribution is -2.25. The summed E-state index contributed by atoms with van der Waals surface area (Å²) in [5.74, 6) is -4.00. The molecule has 1 fully saturated rings. The van der Waals surface area contributed by atoms with Gasteiger partial charge in [-0.15, -0.1) is 0 Å². The third-order valence-electron chi connectivity index (χ3n) is 5.35. The lowest BCUT2D eigenvalue weighted by atomic mass is 9.89. The monoisotopic (exact) mass is 452 g/mol. The van der Waals surface area contributed by atoms with Gasteiger partial charge in [-0.3, -0.25) is 4.79 Å². The van der Waals surface area contributed by atoms with Gasteiger partial charge in [0.1, 0.15) is 5.75 Å². The van der Waals surface area contributed by atoms with Gasteiger partial charge in [0.05, 0.1) is 18.3 Å². The fourth-order valence-corrected chi connectivity index (χ4v) is 3.76. The van der Waals surface area contributed by atoms with Crippen LogP contribution >= 0.6 is 0 Å². The molecule has 0 aliphatic heterocycles. The summed E-state index contributed by atoms with van der Waals surface area (Å²) >= 11 is 0. The number of hydrogen-bond acceptors (Lipinski definition) is 5. The first kappa shape index (κ1) is 26.0. The summed E-state index contributed by atoms with van der Waals surface area (Å²) in [5.41, 5.74) is 0. The van der Waals surface area contributed by atoms with Gasteiger partial charge in [0, 0.05) is 18.8 Å². The summed E-state index contributed by atoms with van der Waals surface area (Å²) in [5, 5.41) is 20.5. The first-order valence-electron chi connectivity index (χ1n) is 11.1. The van der Waals surface area contributed by atoms with Crippen LogP contribution in [0, 0.1) is 11.8 Å². The zero-order chi connectivity index (χ0) is 23.6. The Morgan fingerprint density at radius 1 is 1.19 bits per heavy atom. The van der Waals surface area contributed by atoms with Gasteiger partial charge in [0.25, 0.3) is 5.92 Å². The van der Waals surface area contributed by atoms with Crippen LogP contribution in [-0.4, -0.2) is 47.0 Å². The first-order valence-corrected chi connectivity index (χ1v) is 11.1. The van der Waals surface area contributed by atoms with E-state index < -0.39 is 30.7 Å². The number of aliphatic hydroxyl groups is 2. The molecule has 1 saturated carbocycles. The maximum Gasteiger partial charge on any atom is 0.306 e. The van der Waals surface area contributed by atoms with Crippen molar-refractivity contribution in [2.45, 2.75) is 70.2 Å². The maximum absolute atomic E-state index is 14.2. The highest BCUT2D eigenvalue weighted by Crippen LogP contribution is 2.37. The van der Waals surface area contributed by atoms with Crippen molar-refractivity contribution in [3.8, 4) is 5.75 Å². The van der Waals surface area contributed by atoms with E-state index in [0.29, 0.717) is 31.4 Å². The summed E-state index contributed by atoms with van der Waals surface area (Å²) in [6.45, 7) is 2.80. The smallest absolute Gasteiger partial charge is 0.306 e. The van der Waals surface area contributed by atoms with Gasteiger partial charge in [0.15, 0.2) is 6.61 Å². The van der Waals surface area contributed by atoms with Gasteiger partial charge >= 0.3 is 5.97 Å². The molecule has 0 saturated heterocycles. The van der Waals surface area contributed by atoms with E-state index in [-0.39, 0.29) is 24.4 Å². The second-order valence-corrected chi connectivity index (χ2v) is 8.47. The Kier molecular flexibility index (Phi) is 10.3. The zero-order valence-electron chi connectivity index (χ0n) is 18.7. The van der Waals surface area contributed by atoms with E-state index in [2.05, 4.69) is 0 Å². The SMILES string of the molecule is CC(C)OC(=O)CCC/C=C\CC1C(O)CC(O)C1/C=C/C(F)(F)COc1ccccc1. The van der Waals surface area contributed by atoms with Gasteiger partial charge < -0.3 is 19.7 Å². The number of allylic oxidation sites excluding steroid dienone is 2. The molecule has 0 heterocycles. The van der Waals surface area contributed by atoms with E-state index in [0.717, 1.165) is 6.08 Å². The standard InChI is InChI=1S/C25H34F2O5/c1-18(2)32-24(30)13-9-4-3-8-12-20-21(23(29)16-22(20)28)14-15-25(26,27)17-31-19-10-6-5-7-11-19/h3,5-8,10-11,14-15,18,20-23,28-29H,4,9,12-13,16-17H2,1-2H3/b8-3-,15-14+. The number of para-hydroxylation sites is 1. The molecule has 4 atom stereocenters. The molecule has 0 aromatic heterocycles. The topological polar surface area (TPSA) is 76.0 Å². The molecule has 7 heteroatoms. The number of alkyl halides is 2. The molecule has 1 aromatic rings. The average molecular weight is 453 g/mol. The number of unbranched alkanes of at least 4 members (excludes halogenated alkanes) is 1. The maximum atomic E-state index is 14.2. The van der Waals surface area contributed by atoms with E-state index in [4.69, 9.17) is 9.47 Å². The van der Waals surface area contributed by atoms with Crippen LogP contribution < -0.4 is 4.74 Å². The summed E-state index contributed by atoms with van der Waals surface area (Å²) in [7, 11) is 0. The molecule has 0 spiro atoms. The van der Waals surface area contributed by atoms with Crippen molar-refractivity contribution in [2.75, 3.05) is 6.61 Å². The zero-order valence-corrected chi connectivity index (χ0v) is 18.7. The Hall–Kier alpha value is -2.25. The van der Waals surface area contributed by atoms with Gasteiger partial charge in [-0.2, -0.15) is 8.78 Å². The number of hydrogen-bond donors (Lipinski definition) is 2. The predicted molar refractivity (Wildman–Crippen MR) is 118 cm³/mol. The molecule has 5 nitrogen and oxygen atoms in total. The van der Waals surface area contributed by atoms with E-state index in [9.17, 15) is 23.8 Å². The van der Waals surface area contributed by atoms with Crippen molar-refractivity contribution in [2.24, 2.45) is 11.8 Å². The Labute approximate surface area is 188 Å². The molecular formula is C25H34F2O5. The molecule has 178 valence electrons. The Morgan fingerprint density at radius 3 is 2.59 bits per heavy atom. The van der Waals surface area contributed by atoms with Crippen LogP contribution in [0.2, 0.25) is 0 Å². The number of rotatable bonds is 12. The van der Waals surface area contributed by atoms with Crippen molar-refractivity contribution in [1.82, 2.24) is 0 Å². The highest BCUT2D eigenvalue weighted by atomic mass is 19.3. The van der Waals surface area contributed by atoms with Gasteiger partial charge in [0.2, 0.25) is 0 Å². The molecule has 1 aromatic carbocycles. The van der Waals surface area contributed by atoms with Gasteiger partial charge in [-0.25, -0.2) is 0 Å². The number of aliphatic hydroxyl groups excluding tert-OH is 2. The molecule has 2 N–H and O–H groups in total. The first-order chi connectivity index (χ1) is 15.2. The van der Waals surface area contributed by atoms with Crippen molar-refractivity contribution < 1.29 is 33.3 Å². The van der Waals surface area contributed by atoms with Crippen molar-refractivity contribution >= 4 is 5.97 Å². The van der Waals surface area contributed by atoms with E-state index >= 15 is 0 Å². The summed E-state index contributed by atoms with van der Waals surface area (Å²) in [6.07, 6.45) is 6.33. The Balaban J connectivity index is 1.83. The van der Waals surface area contributed by atoms with Crippen LogP contribution in [0.5, 0.6) is 5.75 Å². The lowest BCUT2D eigenvalue weighted by Gasteiger charge is -2.20. The minimum Gasteiger partial charge on any atom is -0.487 e. The molecule has 0 radical (unpaired) electrons. The summed E-state index contributed by atoms with van der Waals surface area (Å²) in [4.78, 5) is 11.5. The Bertz CT molecular complexity index is 748. The van der Waals surface area contributed by atoms with Crippen molar-refractivity contribution in [1.29, 1.82) is 0 Å². The molecule has 0 bridgehead atoms. The van der Waals surface area contributed by atoms with Crippen LogP contribution in [-0.2, 0) is 9.53 Å². The lowest BCUT2D eigenvalue weighted by molar-refractivity contribution is -0.147. The average Bonchev–Trinajstić information content (AvgIpc) is 3.00. The molecular weight excluding hydrogens is 418 g/mol. The number of carbonyl (C=O) groups is 1. The molecule has 2 rings (SSSR count). The molecule has 4 unspecified atom stereocenters. The second-order valence-electron chi connectivity index (χ2n) is 8.47. The van der Waals surface area contributed by atoms with Gasteiger partial charge in [-0.1, -0.05) is 36.4 Å². The van der Waals surface area contributed by atoms with Crippen LogP contribution in [0.3, 0.4) is 0 Å². The quantitative estimate of drug-likeness (QED) is 0.274. The number of halogens is 2. The van der Waals surface area contributed by atoms with E-state index in [1.165, 1.54) is 6.08 Å². The molecule has 32 heavy (non-hydrogen) atoms. The largest absolute Gasteiger partial charge is 0.487 e. The fourth-order valence-electron chi connectivity index (χ4n) is 3.76. The number of benzene rings is 1. The highest BCUT2D eigenvalue weighted by Gasteiger charge is 2.40. The van der Waals surface area contributed by atoms with Crippen LogP contribution in [0.4, 0.5) is 8.78 Å². The van der Waals surface area contributed by atoms with Crippen LogP contribution in [0.25, 0.3) is 0 Å². The van der Waals surface area contributed by atoms with Crippen molar-refractivity contribution in [3.05, 3.63) is 54.6 Å². The molecule has 1 aliphatic rings. The fraction of sp³-hybridized carbons (Fsp3) is 0.560. The molecule has 1 aliphatic carbocycles. The van der Waals surface area contributed by atoms with Crippen LogP contribution in [0.1, 0.15) is 46.0 Å². The van der Waals surface area contributed by atoms with Crippen molar-refractivity contribution in [3.63, 3.8) is 0 Å². The number of esters is 1. The summed E-state index contributed by atoms with van der Waals surface area (Å²) < 4.78 is 38.7. The minimum absolute atomic E-state index is 0.129. The van der Waals surface area contributed by atoms with E-state index in [1.54, 1.807) is 44.2 Å². The highest BCUT2D eigenvalue weighted by molar-refractivity contribution is 5.69. The number of ether oxygens (including phenoxy) is 2. The van der Waals surface area contributed by atoms with E-state index in [1.807, 2.05) is 12.2 Å². The minimum atomic E-state index is -3.20. The normalized spacial score (nSPS) is 24.0. The second kappa shape index (κ2) is 12.7. The Morgan fingerprint density at radius 2 is 1.91 bits per heavy atom. The summed E-state index contributed by atoms with van der Waals surface area (Å²) in [6, 6.07) is 8.39. The third-order valence-corrected chi connectivity index (χ3v) is 5.35. The molecule has 0 amide bonds. The van der Waals surface area contributed by atoms with Gasteiger partial charge in [-0.05, 0) is 57.2 Å². The van der Waals surface area contributed by atoms with Crippen LogP contribution in [0.15, 0.2) is 54.6 Å².